The van der Waals surface area contributed by atoms with Crippen LogP contribution < -0.4 is 5.32 Å². The van der Waals surface area contributed by atoms with Gasteiger partial charge in [0.2, 0.25) is 5.91 Å². The van der Waals surface area contributed by atoms with Crippen LogP contribution in [0.15, 0.2) is 16.5 Å². The number of aryl methyl sites for hydroxylation is 1. The van der Waals surface area contributed by atoms with Gasteiger partial charge in [-0.25, -0.2) is 0 Å². The SMILES string of the molecule is Cc1cc2c(cc3n2C[C@](C)(C(=O)NC2CCCCC2)N(CCCOC(C)C)C3=O)o1. The molecule has 7 nitrogen and oxygen atoms in total. The first-order valence-corrected chi connectivity index (χ1v) is 11.6. The van der Waals surface area contributed by atoms with Crippen LogP contribution in [-0.2, 0) is 16.1 Å². The molecule has 1 atom stereocenters. The molecule has 1 aliphatic carbocycles. The highest BCUT2D eigenvalue weighted by Crippen LogP contribution is 2.34. The third-order valence-corrected chi connectivity index (χ3v) is 6.65. The van der Waals surface area contributed by atoms with Gasteiger partial charge in [-0.2, -0.15) is 0 Å². The van der Waals surface area contributed by atoms with E-state index in [9.17, 15) is 9.59 Å². The summed E-state index contributed by atoms with van der Waals surface area (Å²) in [4.78, 5) is 28.9. The topological polar surface area (TPSA) is 76.7 Å². The Labute approximate surface area is 184 Å². The fraction of sp³-hybridized carbons (Fsp3) is 0.667. The smallest absolute Gasteiger partial charge is 0.271 e. The molecule has 0 spiro atoms. The Bertz CT molecular complexity index is 954. The Balaban J connectivity index is 1.62. The standard InChI is InChI=1S/C24H35N3O4/c1-16(2)30-12-8-11-27-22(28)20-14-21-19(13-17(3)31-21)26(20)15-24(27,4)23(29)25-18-9-6-5-7-10-18/h13-14,16,18H,5-12,15H2,1-4H3,(H,25,29)/t24-/m1/s1. The number of carbonyl (C=O) groups is 2. The highest BCUT2D eigenvalue weighted by atomic mass is 16.5. The third-order valence-electron chi connectivity index (χ3n) is 6.65. The van der Waals surface area contributed by atoms with Crippen molar-refractivity contribution in [1.29, 1.82) is 0 Å². The largest absolute Gasteiger partial charge is 0.460 e. The van der Waals surface area contributed by atoms with Crippen LogP contribution >= 0.6 is 0 Å². The molecule has 0 unspecified atom stereocenters. The van der Waals surface area contributed by atoms with Crippen molar-refractivity contribution in [3.8, 4) is 0 Å². The minimum Gasteiger partial charge on any atom is -0.460 e. The monoisotopic (exact) mass is 429 g/mol. The van der Waals surface area contributed by atoms with Crippen molar-refractivity contribution in [2.45, 2.75) is 90.4 Å². The van der Waals surface area contributed by atoms with Crippen LogP contribution in [0.1, 0.15) is 75.5 Å². The summed E-state index contributed by atoms with van der Waals surface area (Å²) in [6, 6.07) is 3.94. The first-order chi connectivity index (χ1) is 14.8. The number of amides is 2. The Hall–Kier alpha value is -2.28. The minimum absolute atomic E-state index is 0.0646. The summed E-state index contributed by atoms with van der Waals surface area (Å²) in [5.74, 6) is 0.612. The molecular formula is C24H35N3O4. The number of nitrogens with one attached hydrogen (secondary N) is 1. The number of rotatable bonds is 7. The van der Waals surface area contributed by atoms with E-state index in [0.29, 0.717) is 37.4 Å². The molecule has 1 aliphatic heterocycles. The molecule has 2 aromatic heterocycles. The maximum absolute atomic E-state index is 13.6. The number of aromatic nitrogens is 1. The minimum atomic E-state index is -0.962. The number of fused-ring (bicyclic) bond motifs is 3. The van der Waals surface area contributed by atoms with Crippen molar-refractivity contribution in [2.75, 3.05) is 13.2 Å². The quantitative estimate of drug-likeness (QED) is 0.675. The number of hydrogen-bond acceptors (Lipinski definition) is 4. The van der Waals surface area contributed by atoms with Gasteiger partial charge in [0, 0.05) is 31.3 Å². The van der Waals surface area contributed by atoms with E-state index in [2.05, 4.69) is 5.32 Å². The second-order valence-corrected chi connectivity index (χ2v) is 9.53. The molecule has 1 N–H and O–H groups in total. The second kappa shape index (κ2) is 8.69. The van der Waals surface area contributed by atoms with Crippen LogP contribution in [0.25, 0.3) is 11.1 Å². The third kappa shape index (κ3) is 4.25. The van der Waals surface area contributed by atoms with Gasteiger partial charge in [0.15, 0.2) is 5.58 Å². The summed E-state index contributed by atoms with van der Waals surface area (Å²) in [5.41, 5.74) is 1.19. The maximum Gasteiger partial charge on any atom is 0.271 e. The average molecular weight is 430 g/mol. The summed E-state index contributed by atoms with van der Waals surface area (Å²) >= 11 is 0. The summed E-state index contributed by atoms with van der Waals surface area (Å²) in [6.45, 7) is 9.24. The van der Waals surface area contributed by atoms with Crippen molar-refractivity contribution in [3.05, 3.63) is 23.6 Å². The molecular weight excluding hydrogens is 394 g/mol. The summed E-state index contributed by atoms with van der Waals surface area (Å²) < 4.78 is 13.4. The molecule has 31 heavy (non-hydrogen) atoms. The number of carbonyl (C=O) groups excluding carboxylic acids is 2. The average Bonchev–Trinajstić information content (AvgIpc) is 3.24. The van der Waals surface area contributed by atoms with Crippen molar-refractivity contribution in [3.63, 3.8) is 0 Å². The molecule has 2 aliphatic rings. The summed E-state index contributed by atoms with van der Waals surface area (Å²) in [6.07, 6.45) is 6.38. The van der Waals surface area contributed by atoms with Crippen LogP contribution in [0.3, 0.4) is 0 Å². The number of ether oxygens (including phenoxy) is 1. The normalized spacial score (nSPS) is 22.4. The maximum atomic E-state index is 13.6. The fourth-order valence-corrected chi connectivity index (χ4v) is 4.94. The van der Waals surface area contributed by atoms with Gasteiger partial charge in [0.1, 0.15) is 17.0 Å². The molecule has 7 heteroatoms. The molecule has 170 valence electrons. The fourth-order valence-electron chi connectivity index (χ4n) is 4.94. The first-order valence-electron chi connectivity index (χ1n) is 11.6. The van der Waals surface area contributed by atoms with E-state index in [-0.39, 0.29) is 24.0 Å². The molecule has 2 aromatic rings. The lowest BCUT2D eigenvalue weighted by molar-refractivity contribution is -0.134. The van der Waals surface area contributed by atoms with Crippen molar-refractivity contribution < 1.29 is 18.7 Å². The lowest BCUT2D eigenvalue weighted by atomic mass is 9.91. The zero-order valence-corrected chi connectivity index (χ0v) is 19.2. The van der Waals surface area contributed by atoms with Gasteiger partial charge in [-0.15, -0.1) is 0 Å². The number of furan rings is 1. The number of nitrogens with zero attached hydrogens (tertiary/aromatic N) is 2. The predicted molar refractivity (Wildman–Crippen MR) is 119 cm³/mol. The Morgan fingerprint density at radius 2 is 2.03 bits per heavy atom. The van der Waals surface area contributed by atoms with Crippen LogP contribution in [0, 0.1) is 6.92 Å². The van der Waals surface area contributed by atoms with Crippen LogP contribution in [0.2, 0.25) is 0 Å². The van der Waals surface area contributed by atoms with Gasteiger partial charge in [0.05, 0.1) is 18.2 Å². The lowest BCUT2D eigenvalue weighted by Crippen LogP contribution is -2.65. The Kier molecular flexibility index (Phi) is 6.15. The highest BCUT2D eigenvalue weighted by Gasteiger charge is 2.48. The van der Waals surface area contributed by atoms with E-state index in [1.807, 2.05) is 38.3 Å². The zero-order valence-electron chi connectivity index (χ0n) is 19.2. The second-order valence-electron chi connectivity index (χ2n) is 9.53. The molecule has 0 bridgehead atoms. The van der Waals surface area contributed by atoms with E-state index in [1.165, 1.54) is 6.42 Å². The predicted octanol–water partition coefficient (Wildman–Crippen LogP) is 4.02. The van der Waals surface area contributed by atoms with E-state index in [0.717, 1.165) is 37.0 Å². The Morgan fingerprint density at radius 3 is 2.74 bits per heavy atom. The summed E-state index contributed by atoms with van der Waals surface area (Å²) in [5, 5.41) is 3.26. The summed E-state index contributed by atoms with van der Waals surface area (Å²) in [7, 11) is 0. The van der Waals surface area contributed by atoms with Gasteiger partial charge < -0.3 is 23.9 Å². The first kappa shape index (κ1) is 21.9. The molecule has 0 radical (unpaired) electrons. The zero-order chi connectivity index (χ0) is 22.2. The molecule has 3 heterocycles. The highest BCUT2D eigenvalue weighted by molar-refractivity contribution is 6.03. The van der Waals surface area contributed by atoms with Crippen LogP contribution in [0.4, 0.5) is 0 Å². The van der Waals surface area contributed by atoms with Crippen LogP contribution in [0.5, 0.6) is 0 Å². The van der Waals surface area contributed by atoms with E-state index in [1.54, 1.807) is 11.0 Å². The molecule has 0 aromatic carbocycles. The molecule has 2 amide bonds. The van der Waals surface area contributed by atoms with Crippen molar-refractivity contribution in [1.82, 2.24) is 14.8 Å². The van der Waals surface area contributed by atoms with Gasteiger partial charge >= 0.3 is 0 Å². The van der Waals surface area contributed by atoms with Crippen molar-refractivity contribution in [2.24, 2.45) is 0 Å². The Morgan fingerprint density at radius 1 is 1.29 bits per heavy atom. The van der Waals surface area contributed by atoms with E-state index < -0.39 is 5.54 Å². The van der Waals surface area contributed by atoms with Crippen LogP contribution in [-0.4, -0.2) is 52.1 Å². The van der Waals surface area contributed by atoms with E-state index in [4.69, 9.17) is 9.15 Å². The van der Waals surface area contributed by atoms with Crippen molar-refractivity contribution >= 4 is 22.9 Å². The van der Waals surface area contributed by atoms with E-state index >= 15 is 0 Å². The van der Waals surface area contributed by atoms with Gasteiger partial charge in [0.25, 0.3) is 5.91 Å². The van der Waals surface area contributed by atoms with Gasteiger partial charge in [-0.3, -0.25) is 9.59 Å². The molecule has 0 saturated heterocycles. The van der Waals surface area contributed by atoms with Gasteiger partial charge in [-0.05, 0) is 47.0 Å². The molecule has 4 rings (SSSR count). The van der Waals surface area contributed by atoms with Gasteiger partial charge in [-0.1, -0.05) is 19.3 Å². The molecule has 1 fully saturated rings. The number of hydrogen-bond donors (Lipinski definition) is 1. The molecule has 1 saturated carbocycles. The lowest BCUT2D eigenvalue weighted by Gasteiger charge is -2.44.